The molecule has 2 N–H and O–H groups in total. The SMILES string of the molecule is CCOc1c(CNC2CCCNC2)cccc1OC. The zero-order chi connectivity index (χ0) is 13.5. The Morgan fingerprint density at radius 3 is 3.00 bits per heavy atom. The van der Waals surface area contributed by atoms with Gasteiger partial charge in [-0.1, -0.05) is 12.1 Å². The van der Waals surface area contributed by atoms with Crippen molar-refractivity contribution < 1.29 is 9.47 Å². The minimum atomic E-state index is 0.550. The highest BCUT2D eigenvalue weighted by Gasteiger charge is 2.14. The lowest BCUT2D eigenvalue weighted by atomic mass is 10.1. The fourth-order valence-electron chi connectivity index (χ4n) is 2.45. The second kappa shape index (κ2) is 7.36. The van der Waals surface area contributed by atoms with Gasteiger partial charge in [0.05, 0.1) is 13.7 Å². The zero-order valence-corrected chi connectivity index (χ0v) is 11.9. The van der Waals surface area contributed by atoms with Crippen molar-refractivity contribution in [1.82, 2.24) is 10.6 Å². The second-order valence-corrected chi connectivity index (χ2v) is 4.81. The quantitative estimate of drug-likeness (QED) is 0.824. The van der Waals surface area contributed by atoms with Crippen molar-refractivity contribution in [2.45, 2.75) is 32.4 Å². The highest BCUT2D eigenvalue weighted by molar-refractivity contribution is 5.46. The van der Waals surface area contributed by atoms with Gasteiger partial charge < -0.3 is 20.1 Å². The lowest BCUT2D eigenvalue weighted by Gasteiger charge is -2.24. The standard InChI is InChI=1S/C15H24N2O2/c1-3-19-15-12(6-4-8-14(15)18-2)10-17-13-7-5-9-16-11-13/h4,6,8,13,16-17H,3,5,7,9-11H2,1-2H3. The summed E-state index contributed by atoms with van der Waals surface area (Å²) in [5, 5.41) is 7.00. The van der Waals surface area contributed by atoms with E-state index < -0.39 is 0 Å². The van der Waals surface area contributed by atoms with E-state index in [1.165, 1.54) is 12.8 Å². The van der Waals surface area contributed by atoms with Gasteiger partial charge in [0.25, 0.3) is 0 Å². The smallest absolute Gasteiger partial charge is 0.165 e. The Balaban J connectivity index is 2.01. The van der Waals surface area contributed by atoms with Gasteiger partial charge in [0, 0.05) is 24.7 Å². The summed E-state index contributed by atoms with van der Waals surface area (Å²) in [5.74, 6) is 1.67. The molecule has 4 heteroatoms. The number of para-hydroxylation sites is 1. The molecule has 1 aromatic carbocycles. The molecule has 0 radical (unpaired) electrons. The number of ether oxygens (including phenoxy) is 2. The number of benzene rings is 1. The van der Waals surface area contributed by atoms with Crippen LogP contribution in [-0.2, 0) is 6.54 Å². The number of hydrogen-bond donors (Lipinski definition) is 2. The van der Waals surface area contributed by atoms with E-state index in [2.05, 4.69) is 16.7 Å². The van der Waals surface area contributed by atoms with Crippen molar-refractivity contribution in [2.24, 2.45) is 0 Å². The minimum absolute atomic E-state index is 0.550. The van der Waals surface area contributed by atoms with Crippen molar-refractivity contribution in [3.8, 4) is 11.5 Å². The Morgan fingerprint density at radius 2 is 2.32 bits per heavy atom. The lowest BCUT2D eigenvalue weighted by molar-refractivity contribution is 0.305. The summed E-state index contributed by atoms with van der Waals surface area (Å²) in [6.45, 7) is 5.65. The second-order valence-electron chi connectivity index (χ2n) is 4.81. The first-order valence-corrected chi connectivity index (χ1v) is 7.08. The van der Waals surface area contributed by atoms with Crippen LogP contribution in [0.5, 0.6) is 11.5 Å². The summed E-state index contributed by atoms with van der Waals surface area (Å²) < 4.78 is 11.1. The van der Waals surface area contributed by atoms with Crippen LogP contribution in [0.3, 0.4) is 0 Å². The summed E-state index contributed by atoms with van der Waals surface area (Å²) >= 11 is 0. The molecule has 2 rings (SSSR count). The van der Waals surface area contributed by atoms with Crippen molar-refractivity contribution in [3.05, 3.63) is 23.8 Å². The summed E-state index contributed by atoms with van der Waals surface area (Å²) in [5.41, 5.74) is 1.16. The van der Waals surface area contributed by atoms with Crippen molar-refractivity contribution in [2.75, 3.05) is 26.8 Å². The number of hydrogen-bond acceptors (Lipinski definition) is 4. The van der Waals surface area contributed by atoms with Gasteiger partial charge in [0.1, 0.15) is 0 Å². The molecule has 0 aliphatic carbocycles. The molecule has 1 atom stereocenters. The Kier molecular flexibility index (Phi) is 5.48. The largest absolute Gasteiger partial charge is 0.493 e. The first-order valence-electron chi connectivity index (χ1n) is 7.08. The minimum Gasteiger partial charge on any atom is -0.493 e. The molecular formula is C15H24N2O2. The molecule has 1 unspecified atom stereocenters. The summed E-state index contributed by atoms with van der Waals surface area (Å²) in [4.78, 5) is 0. The molecule has 1 aliphatic rings. The average Bonchev–Trinajstić information content (AvgIpc) is 2.47. The summed E-state index contributed by atoms with van der Waals surface area (Å²) in [6, 6.07) is 6.60. The molecule has 19 heavy (non-hydrogen) atoms. The third kappa shape index (κ3) is 3.85. The molecule has 0 aromatic heterocycles. The van der Waals surface area contributed by atoms with E-state index in [1.807, 2.05) is 19.1 Å². The Labute approximate surface area is 115 Å². The summed E-state index contributed by atoms with van der Waals surface area (Å²) in [7, 11) is 1.68. The maximum absolute atomic E-state index is 5.72. The monoisotopic (exact) mass is 264 g/mol. The van der Waals surface area contributed by atoms with Crippen LogP contribution in [0.1, 0.15) is 25.3 Å². The zero-order valence-electron chi connectivity index (χ0n) is 11.9. The Morgan fingerprint density at radius 1 is 1.42 bits per heavy atom. The Bertz CT molecular complexity index is 390. The van der Waals surface area contributed by atoms with Crippen LogP contribution in [0.2, 0.25) is 0 Å². The first-order chi connectivity index (χ1) is 9.35. The Hall–Kier alpha value is -1.26. The molecule has 0 amide bonds. The maximum atomic E-state index is 5.72. The number of piperidine rings is 1. The van der Waals surface area contributed by atoms with Gasteiger partial charge in [0.15, 0.2) is 11.5 Å². The molecule has 1 heterocycles. The van der Waals surface area contributed by atoms with Crippen molar-refractivity contribution in [3.63, 3.8) is 0 Å². The van der Waals surface area contributed by atoms with Gasteiger partial charge in [-0.2, -0.15) is 0 Å². The molecule has 0 spiro atoms. The normalized spacial score (nSPS) is 19.2. The molecule has 1 aliphatic heterocycles. The fraction of sp³-hybridized carbons (Fsp3) is 0.600. The predicted molar refractivity (Wildman–Crippen MR) is 76.9 cm³/mol. The topological polar surface area (TPSA) is 42.5 Å². The van der Waals surface area contributed by atoms with Crippen LogP contribution in [0.25, 0.3) is 0 Å². The van der Waals surface area contributed by atoms with E-state index in [0.717, 1.165) is 36.7 Å². The van der Waals surface area contributed by atoms with E-state index in [4.69, 9.17) is 9.47 Å². The highest BCUT2D eigenvalue weighted by Crippen LogP contribution is 2.31. The molecule has 106 valence electrons. The van der Waals surface area contributed by atoms with Crippen LogP contribution in [0.4, 0.5) is 0 Å². The van der Waals surface area contributed by atoms with Gasteiger partial charge in [-0.05, 0) is 32.4 Å². The highest BCUT2D eigenvalue weighted by atomic mass is 16.5. The van der Waals surface area contributed by atoms with E-state index >= 15 is 0 Å². The molecule has 1 fully saturated rings. The van der Waals surface area contributed by atoms with Crippen LogP contribution < -0.4 is 20.1 Å². The molecule has 1 aromatic rings. The third-order valence-electron chi connectivity index (χ3n) is 3.45. The lowest BCUT2D eigenvalue weighted by Crippen LogP contribution is -2.42. The maximum Gasteiger partial charge on any atom is 0.165 e. The van der Waals surface area contributed by atoms with Crippen LogP contribution >= 0.6 is 0 Å². The van der Waals surface area contributed by atoms with E-state index in [-0.39, 0.29) is 0 Å². The van der Waals surface area contributed by atoms with Crippen molar-refractivity contribution in [1.29, 1.82) is 0 Å². The van der Waals surface area contributed by atoms with E-state index in [1.54, 1.807) is 7.11 Å². The van der Waals surface area contributed by atoms with E-state index in [0.29, 0.717) is 12.6 Å². The van der Waals surface area contributed by atoms with Gasteiger partial charge in [0.2, 0.25) is 0 Å². The van der Waals surface area contributed by atoms with Crippen LogP contribution in [0, 0.1) is 0 Å². The van der Waals surface area contributed by atoms with Gasteiger partial charge in [-0.3, -0.25) is 0 Å². The van der Waals surface area contributed by atoms with Crippen LogP contribution in [0.15, 0.2) is 18.2 Å². The fourth-order valence-corrected chi connectivity index (χ4v) is 2.45. The van der Waals surface area contributed by atoms with Gasteiger partial charge in [-0.15, -0.1) is 0 Å². The average molecular weight is 264 g/mol. The van der Waals surface area contributed by atoms with Gasteiger partial charge >= 0.3 is 0 Å². The number of nitrogens with one attached hydrogen (secondary N) is 2. The number of methoxy groups -OCH3 is 1. The van der Waals surface area contributed by atoms with Crippen molar-refractivity contribution >= 4 is 0 Å². The van der Waals surface area contributed by atoms with Gasteiger partial charge in [-0.25, -0.2) is 0 Å². The van der Waals surface area contributed by atoms with E-state index in [9.17, 15) is 0 Å². The number of rotatable bonds is 6. The third-order valence-corrected chi connectivity index (χ3v) is 3.45. The predicted octanol–water partition coefficient (Wildman–Crippen LogP) is 1.94. The molecular weight excluding hydrogens is 240 g/mol. The molecule has 4 nitrogen and oxygen atoms in total. The molecule has 0 saturated carbocycles. The molecule has 0 bridgehead atoms. The first kappa shape index (κ1) is 14.2. The summed E-state index contributed by atoms with van der Waals surface area (Å²) in [6.07, 6.45) is 2.48. The van der Waals surface area contributed by atoms with Crippen LogP contribution in [-0.4, -0.2) is 32.8 Å². The molecule has 1 saturated heterocycles.